The number of hydrogen-bond donors (Lipinski definition) is 2. The first-order valence-corrected chi connectivity index (χ1v) is 9.57. The van der Waals surface area contributed by atoms with E-state index in [1.807, 2.05) is 66.6 Å². The Morgan fingerprint density at radius 1 is 1.21 bits per heavy atom. The molecular weight excluding hydrogens is 352 g/mol. The summed E-state index contributed by atoms with van der Waals surface area (Å²) in [7, 11) is 0. The van der Waals surface area contributed by atoms with Crippen LogP contribution in [0.25, 0.3) is 0 Å². The summed E-state index contributed by atoms with van der Waals surface area (Å²) in [4.78, 5) is 22.0. The fourth-order valence-electron chi connectivity index (χ4n) is 3.51. The lowest BCUT2D eigenvalue weighted by atomic mass is 9.98. The van der Waals surface area contributed by atoms with E-state index in [0.29, 0.717) is 6.54 Å². The highest BCUT2D eigenvalue weighted by Gasteiger charge is 2.26. The van der Waals surface area contributed by atoms with Gasteiger partial charge in [-0.25, -0.2) is 9.78 Å². The number of nitrogens with one attached hydrogen (secondary N) is 2. The molecule has 1 aromatic heterocycles. The van der Waals surface area contributed by atoms with Crippen molar-refractivity contribution < 1.29 is 9.53 Å². The van der Waals surface area contributed by atoms with Gasteiger partial charge in [-0.2, -0.15) is 0 Å². The van der Waals surface area contributed by atoms with Crippen molar-refractivity contribution in [1.82, 2.24) is 14.9 Å². The molecule has 4 rings (SSSR count). The van der Waals surface area contributed by atoms with E-state index in [2.05, 4.69) is 15.3 Å². The Morgan fingerprint density at radius 3 is 2.82 bits per heavy atom. The third-order valence-corrected chi connectivity index (χ3v) is 4.95. The standard InChI is InChI=1S/C22H24N4O2/c1-16-4-2-6-20(14-16)28-19-9-7-18(8-10-19)25-22(27)26-13-3-5-17(15-26)21-23-11-12-24-21/h2,4,6-12,14,17H,3,5,13,15H2,1H3,(H,23,24)(H,25,27)/t17-/m0/s1. The molecule has 0 aliphatic carbocycles. The number of anilines is 1. The molecule has 2 amide bonds. The number of urea groups is 1. The maximum atomic E-state index is 12.6. The van der Waals surface area contributed by atoms with Crippen molar-refractivity contribution in [1.29, 1.82) is 0 Å². The second-order valence-corrected chi connectivity index (χ2v) is 7.13. The van der Waals surface area contributed by atoms with Crippen molar-refractivity contribution in [2.24, 2.45) is 0 Å². The van der Waals surface area contributed by atoms with Crippen LogP contribution in [0.2, 0.25) is 0 Å². The summed E-state index contributed by atoms with van der Waals surface area (Å²) in [5.41, 5.74) is 1.90. The number of aryl methyl sites for hydroxylation is 1. The van der Waals surface area contributed by atoms with E-state index in [1.54, 1.807) is 6.20 Å². The number of carbonyl (C=O) groups is 1. The number of amides is 2. The lowest BCUT2D eigenvalue weighted by Crippen LogP contribution is -2.41. The summed E-state index contributed by atoms with van der Waals surface area (Å²) < 4.78 is 5.86. The number of rotatable bonds is 4. The van der Waals surface area contributed by atoms with E-state index in [-0.39, 0.29) is 11.9 Å². The van der Waals surface area contributed by atoms with Crippen molar-refractivity contribution in [2.75, 3.05) is 18.4 Å². The van der Waals surface area contributed by atoms with E-state index in [0.717, 1.165) is 48.0 Å². The molecule has 6 heteroatoms. The molecule has 1 atom stereocenters. The van der Waals surface area contributed by atoms with Gasteiger partial charge in [0.15, 0.2) is 0 Å². The lowest BCUT2D eigenvalue weighted by molar-refractivity contribution is 0.191. The summed E-state index contributed by atoms with van der Waals surface area (Å²) in [6.07, 6.45) is 5.60. The van der Waals surface area contributed by atoms with Crippen molar-refractivity contribution >= 4 is 11.7 Å². The molecule has 0 bridgehead atoms. The average molecular weight is 376 g/mol. The maximum absolute atomic E-state index is 12.6. The third-order valence-electron chi connectivity index (χ3n) is 4.95. The largest absolute Gasteiger partial charge is 0.457 e. The molecular formula is C22H24N4O2. The van der Waals surface area contributed by atoms with Crippen LogP contribution in [0.5, 0.6) is 11.5 Å². The minimum absolute atomic E-state index is 0.0800. The van der Waals surface area contributed by atoms with Gasteiger partial charge in [0.05, 0.1) is 0 Å². The number of imidazole rings is 1. The fraction of sp³-hybridized carbons (Fsp3) is 0.273. The average Bonchev–Trinajstić information content (AvgIpc) is 3.25. The molecule has 0 radical (unpaired) electrons. The summed E-state index contributed by atoms with van der Waals surface area (Å²) >= 11 is 0. The Morgan fingerprint density at radius 2 is 2.07 bits per heavy atom. The number of ether oxygens (including phenoxy) is 1. The molecule has 0 unspecified atom stereocenters. The second-order valence-electron chi connectivity index (χ2n) is 7.13. The summed E-state index contributed by atoms with van der Waals surface area (Å²) in [6, 6.07) is 15.3. The van der Waals surface area contributed by atoms with Crippen LogP contribution in [0.1, 0.15) is 30.1 Å². The van der Waals surface area contributed by atoms with Gasteiger partial charge in [-0.05, 0) is 61.7 Å². The van der Waals surface area contributed by atoms with Gasteiger partial charge < -0.3 is 19.9 Å². The number of carbonyl (C=O) groups excluding carboxylic acids is 1. The van der Waals surface area contributed by atoms with Gasteiger partial charge in [0.2, 0.25) is 0 Å². The second kappa shape index (κ2) is 8.17. The highest BCUT2D eigenvalue weighted by molar-refractivity contribution is 5.89. The Labute approximate surface area is 164 Å². The van der Waals surface area contributed by atoms with Gasteiger partial charge in [0.1, 0.15) is 17.3 Å². The van der Waals surface area contributed by atoms with Crippen molar-refractivity contribution in [3.8, 4) is 11.5 Å². The smallest absolute Gasteiger partial charge is 0.321 e. The molecule has 28 heavy (non-hydrogen) atoms. The highest BCUT2D eigenvalue weighted by atomic mass is 16.5. The van der Waals surface area contributed by atoms with E-state index in [9.17, 15) is 4.79 Å². The van der Waals surface area contributed by atoms with Gasteiger partial charge in [-0.1, -0.05) is 12.1 Å². The molecule has 2 aromatic carbocycles. The van der Waals surface area contributed by atoms with E-state index < -0.39 is 0 Å². The number of benzene rings is 2. The summed E-state index contributed by atoms with van der Waals surface area (Å²) in [6.45, 7) is 3.47. The monoisotopic (exact) mass is 376 g/mol. The molecule has 0 spiro atoms. The molecule has 1 saturated heterocycles. The van der Waals surface area contributed by atoms with Gasteiger partial charge in [-0.15, -0.1) is 0 Å². The zero-order chi connectivity index (χ0) is 19.3. The van der Waals surface area contributed by atoms with Crippen LogP contribution < -0.4 is 10.1 Å². The van der Waals surface area contributed by atoms with E-state index in [4.69, 9.17) is 4.74 Å². The number of nitrogens with zero attached hydrogens (tertiary/aromatic N) is 2. The Balaban J connectivity index is 1.35. The first-order chi connectivity index (χ1) is 13.7. The van der Waals surface area contributed by atoms with Crippen LogP contribution in [0.15, 0.2) is 60.9 Å². The number of piperidine rings is 1. The predicted octanol–water partition coefficient (Wildman–Crippen LogP) is 4.92. The summed E-state index contributed by atoms with van der Waals surface area (Å²) in [5.74, 6) is 2.75. The van der Waals surface area contributed by atoms with Gasteiger partial charge in [0.25, 0.3) is 0 Å². The quantitative estimate of drug-likeness (QED) is 0.679. The van der Waals surface area contributed by atoms with Crippen LogP contribution in [0, 0.1) is 6.92 Å². The van der Waals surface area contributed by atoms with Gasteiger partial charge >= 0.3 is 6.03 Å². The molecule has 2 N–H and O–H groups in total. The lowest BCUT2D eigenvalue weighted by Gasteiger charge is -2.31. The maximum Gasteiger partial charge on any atom is 0.321 e. The number of likely N-dealkylation sites (tertiary alicyclic amines) is 1. The first-order valence-electron chi connectivity index (χ1n) is 9.57. The van der Waals surface area contributed by atoms with Crippen LogP contribution in [-0.2, 0) is 0 Å². The SMILES string of the molecule is Cc1cccc(Oc2ccc(NC(=O)N3CCC[C@H](c4ncc[nH]4)C3)cc2)c1. The number of aromatic amines is 1. The molecule has 6 nitrogen and oxygen atoms in total. The topological polar surface area (TPSA) is 70.2 Å². The normalized spacial score (nSPS) is 16.6. The highest BCUT2D eigenvalue weighted by Crippen LogP contribution is 2.26. The Kier molecular flexibility index (Phi) is 5.28. The molecule has 2 heterocycles. The van der Waals surface area contributed by atoms with E-state index >= 15 is 0 Å². The molecule has 3 aromatic rings. The first kappa shape index (κ1) is 18.1. The fourth-order valence-corrected chi connectivity index (χ4v) is 3.51. The van der Waals surface area contributed by atoms with Crippen molar-refractivity contribution in [2.45, 2.75) is 25.7 Å². The third kappa shape index (κ3) is 4.34. The number of hydrogen-bond acceptors (Lipinski definition) is 3. The van der Waals surface area contributed by atoms with Crippen LogP contribution in [0.4, 0.5) is 10.5 Å². The Hall–Kier alpha value is -3.28. The van der Waals surface area contributed by atoms with Crippen LogP contribution in [0.3, 0.4) is 0 Å². The van der Waals surface area contributed by atoms with Crippen molar-refractivity contribution in [3.05, 3.63) is 72.3 Å². The summed E-state index contributed by atoms with van der Waals surface area (Å²) in [5, 5.41) is 2.98. The van der Waals surface area contributed by atoms with Crippen LogP contribution in [-0.4, -0.2) is 34.0 Å². The predicted molar refractivity (Wildman–Crippen MR) is 109 cm³/mol. The minimum Gasteiger partial charge on any atom is -0.457 e. The minimum atomic E-state index is -0.0800. The number of H-pyrrole nitrogens is 1. The molecule has 1 fully saturated rings. The van der Waals surface area contributed by atoms with Crippen molar-refractivity contribution in [3.63, 3.8) is 0 Å². The number of aromatic nitrogens is 2. The van der Waals surface area contributed by atoms with Gasteiger partial charge in [0, 0.05) is 37.1 Å². The molecule has 144 valence electrons. The van der Waals surface area contributed by atoms with Crippen LogP contribution >= 0.6 is 0 Å². The molecule has 1 aliphatic rings. The zero-order valence-corrected chi connectivity index (χ0v) is 15.9. The molecule has 1 aliphatic heterocycles. The molecule has 0 saturated carbocycles. The van der Waals surface area contributed by atoms with Gasteiger partial charge in [-0.3, -0.25) is 0 Å². The Bertz CT molecular complexity index is 922. The zero-order valence-electron chi connectivity index (χ0n) is 15.9. The van der Waals surface area contributed by atoms with E-state index in [1.165, 1.54) is 0 Å².